The molecule has 0 aliphatic carbocycles. The van der Waals surface area contributed by atoms with Crippen LogP contribution in [0.2, 0.25) is 0 Å². The van der Waals surface area contributed by atoms with E-state index in [4.69, 9.17) is 28.4 Å². The molecule has 1 aromatic carbocycles. The van der Waals surface area contributed by atoms with Crippen LogP contribution in [0, 0.1) is 0 Å². The van der Waals surface area contributed by atoms with E-state index in [1.165, 1.54) is 0 Å². The van der Waals surface area contributed by atoms with Crippen molar-refractivity contribution in [3.05, 3.63) is 35.9 Å². The average molecular weight is 350 g/mol. The molecule has 0 saturated carbocycles. The molecule has 0 unspecified atom stereocenters. The van der Waals surface area contributed by atoms with E-state index in [1.54, 1.807) is 0 Å². The molecule has 3 saturated heterocycles. The van der Waals surface area contributed by atoms with Gasteiger partial charge in [-0.2, -0.15) is 0 Å². The fourth-order valence-corrected chi connectivity index (χ4v) is 3.64. The zero-order valence-corrected chi connectivity index (χ0v) is 15.1. The standard InChI is InChI=1S/C19H26O6/c1-18(2)21-11-13(23-18)14-15(20-10-12-8-6-5-7-9-12)16-17(22-14)25-19(3,4)24-16/h5-9,13-17H,10-11H2,1-4H3/t13-,14-,15+,16+,17+/m0/s1. The molecule has 0 radical (unpaired) electrons. The van der Waals surface area contributed by atoms with E-state index in [1.807, 2.05) is 58.0 Å². The molecule has 3 heterocycles. The first-order valence-electron chi connectivity index (χ1n) is 8.81. The SMILES string of the molecule is CC1(C)O[C@H]2O[C@@H]([C@@H]3COC(C)(C)O3)[C@@H](OCc3ccccc3)[C@H]2O1. The zero-order valence-electron chi connectivity index (χ0n) is 15.1. The van der Waals surface area contributed by atoms with Gasteiger partial charge in [0.25, 0.3) is 0 Å². The number of ether oxygens (including phenoxy) is 6. The summed E-state index contributed by atoms with van der Waals surface area (Å²) in [6, 6.07) is 10.1. The Bertz CT molecular complexity index is 601. The summed E-state index contributed by atoms with van der Waals surface area (Å²) < 4.78 is 36.0. The van der Waals surface area contributed by atoms with Crippen LogP contribution in [0.25, 0.3) is 0 Å². The van der Waals surface area contributed by atoms with Crippen molar-refractivity contribution in [1.82, 2.24) is 0 Å². The van der Waals surface area contributed by atoms with Crippen LogP contribution in [-0.4, -0.2) is 48.9 Å². The number of hydrogen-bond acceptors (Lipinski definition) is 6. The molecule has 0 amide bonds. The molecule has 3 fully saturated rings. The Morgan fingerprint density at radius 2 is 1.72 bits per heavy atom. The molecule has 4 rings (SSSR count). The van der Waals surface area contributed by atoms with Crippen LogP contribution in [0.5, 0.6) is 0 Å². The topological polar surface area (TPSA) is 55.4 Å². The lowest BCUT2D eigenvalue weighted by atomic mass is 10.1. The molecule has 0 N–H and O–H groups in total. The average Bonchev–Trinajstić information content (AvgIpc) is 3.15. The Kier molecular flexibility index (Phi) is 4.38. The van der Waals surface area contributed by atoms with Gasteiger partial charge in [0.15, 0.2) is 17.9 Å². The molecule has 138 valence electrons. The zero-order chi connectivity index (χ0) is 17.7. The minimum absolute atomic E-state index is 0.211. The molecule has 5 atom stereocenters. The van der Waals surface area contributed by atoms with Crippen molar-refractivity contribution in [3.8, 4) is 0 Å². The molecule has 6 nitrogen and oxygen atoms in total. The maximum Gasteiger partial charge on any atom is 0.190 e. The summed E-state index contributed by atoms with van der Waals surface area (Å²) in [5.41, 5.74) is 1.10. The van der Waals surface area contributed by atoms with Crippen molar-refractivity contribution in [1.29, 1.82) is 0 Å². The summed E-state index contributed by atoms with van der Waals surface area (Å²) >= 11 is 0. The third-order valence-corrected chi connectivity index (χ3v) is 4.71. The maximum atomic E-state index is 6.22. The minimum atomic E-state index is -0.680. The van der Waals surface area contributed by atoms with Gasteiger partial charge in [-0.1, -0.05) is 30.3 Å². The van der Waals surface area contributed by atoms with E-state index in [-0.39, 0.29) is 24.4 Å². The Balaban J connectivity index is 1.50. The van der Waals surface area contributed by atoms with Crippen LogP contribution in [0.4, 0.5) is 0 Å². The summed E-state index contributed by atoms with van der Waals surface area (Å²) in [5.74, 6) is -1.29. The van der Waals surface area contributed by atoms with Crippen LogP contribution in [0.3, 0.4) is 0 Å². The van der Waals surface area contributed by atoms with Gasteiger partial charge in [0.05, 0.1) is 13.2 Å². The first-order valence-corrected chi connectivity index (χ1v) is 8.81. The van der Waals surface area contributed by atoms with Gasteiger partial charge in [0, 0.05) is 0 Å². The Hall–Kier alpha value is -1.02. The van der Waals surface area contributed by atoms with Crippen LogP contribution in [-0.2, 0) is 35.0 Å². The maximum absolute atomic E-state index is 6.22. The highest BCUT2D eigenvalue weighted by Crippen LogP contribution is 2.42. The largest absolute Gasteiger partial charge is 0.368 e. The summed E-state index contributed by atoms with van der Waals surface area (Å²) in [5, 5.41) is 0. The Labute approximate surface area is 148 Å². The predicted octanol–water partition coefficient (Wildman–Crippen LogP) is 2.60. The van der Waals surface area contributed by atoms with Gasteiger partial charge in [-0.05, 0) is 33.3 Å². The third kappa shape index (κ3) is 3.60. The molecule has 3 aliphatic heterocycles. The third-order valence-electron chi connectivity index (χ3n) is 4.71. The Morgan fingerprint density at radius 1 is 0.960 bits per heavy atom. The van der Waals surface area contributed by atoms with E-state index in [9.17, 15) is 0 Å². The van der Waals surface area contributed by atoms with Crippen LogP contribution >= 0.6 is 0 Å². The van der Waals surface area contributed by atoms with E-state index < -0.39 is 17.9 Å². The summed E-state index contributed by atoms with van der Waals surface area (Å²) in [4.78, 5) is 0. The van der Waals surface area contributed by atoms with Gasteiger partial charge >= 0.3 is 0 Å². The predicted molar refractivity (Wildman–Crippen MR) is 88.6 cm³/mol. The van der Waals surface area contributed by atoms with Gasteiger partial charge in [-0.25, -0.2) is 0 Å². The van der Waals surface area contributed by atoms with E-state index in [0.29, 0.717) is 13.2 Å². The van der Waals surface area contributed by atoms with Crippen molar-refractivity contribution >= 4 is 0 Å². The molecule has 0 spiro atoms. The highest BCUT2D eigenvalue weighted by atomic mass is 16.8. The first kappa shape index (κ1) is 17.4. The molecule has 1 aromatic rings. The fraction of sp³-hybridized carbons (Fsp3) is 0.684. The summed E-state index contributed by atoms with van der Waals surface area (Å²) in [6.07, 6.45) is -1.52. The van der Waals surface area contributed by atoms with Crippen LogP contribution < -0.4 is 0 Å². The molecule has 3 aliphatic rings. The van der Waals surface area contributed by atoms with Crippen molar-refractivity contribution in [2.45, 2.75) is 76.6 Å². The van der Waals surface area contributed by atoms with Gasteiger partial charge in [-0.15, -0.1) is 0 Å². The van der Waals surface area contributed by atoms with Crippen molar-refractivity contribution in [2.24, 2.45) is 0 Å². The highest BCUT2D eigenvalue weighted by Gasteiger charge is 2.58. The molecular formula is C19H26O6. The van der Waals surface area contributed by atoms with Crippen LogP contribution in [0.15, 0.2) is 30.3 Å². The highest BCUT2D eigenvalue weighted by molar-refractivity contribution is 5.13. The lowest BCUT2D eigenvalue weighted by Crippen LogP contribution is -2.44. The Morgan fingerprint density at radius 3 is 2.40 bits per heavy atom. The monoisotopic (exact) mass is 350 g/mol. The smallest absolute Gasteiger partial charge is 0.190 e. The molecule has 6 heteroatoms. The van der Waals surface area contributed by atoms with Crippen LogP contribution in [0.1, 0.15) is 33.3 Å². The van der Waals surface area contributed by atoms with E-state index >= 15 is 0 Å². The second kappa shape index (κ2) is 6.30. The van der Waals surface area contributed by atoms with Gasteiger partial charge in [0.1, 0.15) is 24.4 Å². The van der Waals surface area contributed by atoms with Crippen molar-refractivity contribution in [2.75, 3.05) is 6.61 Å². The molecular weight excluding hydrogens is 324 g/mol. The molecule has 0 bridgehead atoms. The van der Waals surface area contributed by atoms with Gasteiger partial charge in [0.2, 0.25) is 0 Å². The fourth-order valence-electron chi connectivity index (χ4n) is 3.64. The molecule has 0 aromatic heterocycles. The van der Waals surface area contributed by atoms with Gasteiger partial charge in [-0.3, -0.25) is 0 Å². The minimum Gasteiger partial charge on any atom is -0.368 e. The second-order valence-corrected chi connectivity index (χ2v) is 7.70. The second-order valence-electron chi connectivity index (χ2n) is 7.70. The summed E-state index contributed by atoms with van der Waals surface area (Å²) in [7, 11) is 0. The molecule has 25 heavy (non-hydrogen) atoms. The lowest BCUT2D eigenvalue weighted by Gasteiger charge is -2.29. The normalized spacial score (nSPS) is 38.8. The van der Waals surface area contributed by atoms with Crippen molar-refractivity contribution < 1.29 is 28.4 Å². The first-order chi connectivity index (χ1) is 11.8. The van der Waals surface area contributed by atoms with Crippen molar-refractivity contribution in [3.63, 3.8) is 0 Å². The van der Waals surface area contributed by atoms with Gasteiger partial charge < -0.3 is 28.4 Å². The number of hydrogen-bond donors (Lipinski definition) is 0. The van der Waals surface area contributed by atoms with E-state index in [0.717, 1.165) is 5.56 Å². The summed E-state index contributed by atoms with van der Waals surface area (Å²) in [6.45, 7) is 8.52. The van der Waals surface area contributed by atoms with E-state index in [2.05, 4.69) is 0 Å². The quantitative estimate of drug-likeness (QED) is 0.832. The lowest BCUT2D eigenvalue weighted by molar-refractivity contribution is -0.236. The number of fused-ring (bicyclic) bond motifs is 1. The number of rotatable bonds is 4. The number of benzene rings is 1.